The third-order valence-electron chi connectivity index (χ3n) is 4.96. The number of amides is 1. The zero-order valence-electron chi connectivity index (χ0n) is 18.1. The number of rotatable bonds is 7. The van der Waals surface area contributed by atoms with Crippen molar-refractivity contribution in [2.75, 3.05) is 0 Å². The average Bonchev–Trinajstić information content (AvgIpc) is 3.18. The van der Waals surface area contributed by atoms with Crippen LogP contribution in [0, 0.1) is 5.82 Å². The number of carbonyl (C=O) groups excluding carboxylic acids is 1. The molecule has 0 unspecified atom stereocenters. The SMILES string of the molecule is CCCn1c(=O)c2ccc(C(=O)NC(C)C)cc2n2c(SCc3cccc(F)c3)nnc12. The quantitative estimate of drug-likeness (QED) is 0.428. The van der Waals surface area contributed by atoms with Crippen molar-refractivity contribution in [3.8, 4) is 0 Å². The summed E-state index contributed by atoms with van der Waals surface area (Å²) in [6.45, 7) is 6.27. The first-order valence-electron chi connectivity index (χ1n) is 10.5. The van der Waals surface area contributed by atoms with Gasteiger partial charge < -0.3 is 5.32 Å². The lowest BCUT2D eigenvalue weighted by molar-refractivity contribution is 0.0943. The Morgan fingerprint density at radius 1 is 1.19 bits per heavy atom. The van der Waals surface area contributed by atoms with Crippen molar-refractivity contribution in [1.29, 1.82) is 0 Å². The molecule has 0 fully saturated rings. The molecule has 2 heterocycles. The van der Waals surface area contributed by atoms with Crippen LogP contribution in [0.5, 0.6) is 0 Å². The number of aromatic nitrogens is 4. The summed E-state index contributed by atoms with van der Waals surface area (Å²) in [4.78, 5) is 25.7. The molecule has 4 rings (SSSR count). The van der Waals surface area contributed by atoms with Crippen LogP contribution in [0.4, 0.5) is 4.39 Å². The van der Waals surface area contributed by atoms with Gasteiger partial charge in [0.2, 0.25) is 5.78 Å². The van der Waals surface area contributed by atoms with Gasteiger partial charge in [-0.3, -0.25) is 18.6 Å². The summed E-state index contributed by atoms with van der Waals surface area (Å²) < 4.78 is 17.0. The van der Waals surface area contributed by atoms with Gasteiger partial charge in [-0.2, -0.15) is 0 Å². The number of nitrogens with zero attached hydrogens (tertiary/aromatic N) is 4. The van der Waals surface area contributed by atoms with Crippen LogP contribution in [-0.2, 0) is 12.3 Å². The minimum absolute atomic E-state index is 0.0110. The first kappa shape index (κ1) is 22.0. The topological polar surface area (TPSA) is 81.3 Å². The predicted molar refractivity (Wildman–Crippen MR) is 124 cm³/mol. The number of nitrogens with one attached hydrogen (secondary N) is 1. The molecular weight excluding hydrogens is 429 g/mol. The van der Waals surface area contributed by atoms with E-state index < -0.39 is 0 Å². The minimum atomic E-state index is -0.294. The fourth-order valence-corrected chi connectivity index (χ4v) is 4.44. The summed E-state index contributed by atoms with van der Waals surface area (Å²) >= 11 is 1.40. The smallest absolute Gasteiger partial charge is 0.262 e. The molecule has 1 amide bonds. The van der Waals surface area contributed by atoms with Gasteiger partial charge in [-0.15, -0.1) is 10.2 Å². The van der Waals surface area contributed by atoms with Crippen LogP contribution in [0.25, 0.3) is 16.7 Å². The maximum Gasteiger partial charge on any atom is 0.262 e. The molecule has 4 aromatic rings. The second kappa shape index (κ2) is 9.12. The summed E-state index contributed by atoms with van der Waals surface area (Å²) in [7, 11) is 0. The molecule has 0 bridgehead atoms. The Morgan fingerprint density at radius 2 is 2.00 bits per heavy atom. The average molecular weight is 454 g/mol. The van der Waals surface area contributed by atoms with Gasteiger partial charge in [0, 0.05) is 23.9 Å². The van der Waals surface area contributed by atoms with Crippen LogP contribution >= 0.6 is 11.8 Å². The lowest BCUT2D eigenvalue weighted by Crippen LogP contribution is -2.30. The molecular formula is C23H24FN5O2S. The third kappa shape index (κ3) is 4.25. The Labute approximate surface area is 188 Å². The maximum atomic E-state index is 13.6. The van der Waals surface area contributed by atoms with E-state index in [4.69, 9.17) is 0 Å². The van der Waals surface area contributed by atoms with Crippen molar-refractivity contribution in [2.24, 2.45) is 0 Å². The number of carbonyl (C=O) groups is 1. The molecule has 0 saturated heterocycles. The number of fused-ring (bicyclic) bond motifs is 3. The molecule has 0 aliphatic carbocycles. The molecule has 7 nitrogen and oxygen atoms in total. The summed E-state index contributed by atoms with van der Waals surface area (Å²) in [6.07, 6.45) is 0.759. The second-order valence-electron chi connectivity index (χ2n) is 7.85. The molecule has 2 aromatic heterocycles. The number of aryl methyl sites for hydroxylation is 1. The summed E-state index contributed by atoms with van der Waals surface area (Å²) in [5.41, 5.74) is 1.67. The van der Waals surface area contributed by atoms with Crippen LogP contribution in [-0.4, -0.2) is 31.1 Å². The molecule has 0 spiro atoms. The Kier molecular flexibility index (Phi) is 6.27. The molecule has 0 radical (unpaired) electrons. The van der Waals surface area contributed by atoms with E-state index in [0.717, 1.165) is 12.0 Å². The van der Waals surface area contributed by atoms with Crippen molar-refractivity contribution < 1.29 is 9.18 Å². The number of benzene rings is 2. The summed E-state index contributed by atoms with van der Waals surface area (Å²) in [5.74, 6) is 0.403. The van der Waals surface area contributed by atoms with E-state index in [-0.39, 0.29) is 23.3 Å². The van der Waals surface area contributed by atoms with Crippen molar-refractivity contribution >= 4 is 34.3 Å². The van der Waals surface area contributed by atoms with Crippen LogP contribution in [0.2, 0.25) is 0 Å². The van der Waals surface area contributed by atoms with Gasteiger partial charge in [0.25, 0.3) is 11.5 Å². The van der Waals surface area contributed by atoms with E-state index in [2.05, 4.69) is 15.5 Å². The Morgan fingerprint density at radius 3 is 2.72 bits per heavy atom. The van der Waals surface area contributed by atoms with Crippen LogP contribution in [0.3, 0.4) is 0 Å². The molecule has 0 atom stereocenters. The Bertz CT molecular complexity index is 1360. The molecule has 0 saturated carbocycles. The fraction of sp³-hybridized carbons (Fsp3) is 0.304. The highest BCUT2D eigenvalue weighted by atomic mass is 32.2. The van der Waals surface area contributed by atoms with Gasteiger partial charge in [0.15, 0.2) is 5.16 Å². The lowest BCUT2D eigenvalue weighted by atomic mass is 10.1. The molecule has 32 heavy (non-hydrogen) atoms. The highest BCUT2D eigenvalue weighted by Crippen LogP contribution is 2.25. The first-order chi connectivity index (χ1) is 15.4. The van der Waals surface area contributed by atoms with Crippen molar-refractivity contribution in [3.05, 3.63) is 69.8 Å². The van der Waals surface area contributed by atoms with Crippen molar-refractivity contribution in [2.45, 2.75) is 50.7 Å². The van der Waals surface area contributed by atoms with Crippen molar-refractivity contribution in [3.63, 3.8) is 0 Å². The van der Waals surface area contributed by atoms with Crippen LogP contribution in [0.1, 0.15) is 43.1 Å². The van der Waals surface area contributed by atoms with Crippen LogP contribution in [0.15, 0.2) is 52.4 Å². The fourth-order valence-electron chi connectivity index (χ4n) is 3.56. The number of hydrogen-bond acceptors (Lipinski definition) is 5. The monoisotopic (exact) mass is 453 g/mol. The molecule has 0 aliphatic rings. The summed E-state index contributed by atoms with van der Waals surface area (Å²) in [6, 6.07) is 11.4. The van der Waals surface area contributed by atoms with Gasteiger partial charge >= 0.3 is 0 Å². The van der Waals surface area contributed by atoms with Gasteiger partial charge in [-0.1, -0.05) is 30.8 Å². The molecule has 0 aliphatic heterocycles. The number of halogens is 1. The number of thioether (sulfide) groups is 1. The van der Waals surface area contributed by atoms with E-state index in [1.807, 2.05) is 31.2 Å². The number of hydrogen-bond donors (Lipinski definition) is 1. The van der Waals surface area contributed by atoms with Gasteiger partial charge in [-0.25, -0.2) is 4.39 Å². The van der Waals surface area contributed by atoms with E-state index in [9.17, 15) is 14.0 Å². The zero-order valence-corrected chi connectivity index (χ0v) is 18.9. The molecule has 2 aromatic carbocycles. The van der Waals surface area contributed by atoms with Gasteiger partial charge in [0.1, 0.15) is 5.82 Å². The molecule has 166 valence electrons. The highest BCUT2D eigenvalue weighted by molar-refractivity contribution is 7.98. The van der Waals surface area contributed by atoms with Crippen LogP contribution < -0.4 is 10.9 Å². The third-order valence-corrected chi connectivity index (χ3v) is 5.96. The van der Waals surface area contributed by atoms with Crippen molar-refractivity contribution in [1.82, 2.24) is 24.5 Å². The minimum Gasteiger partial charge on any atom is -0.350 e. The largest absolute Gasteiger partial charge is 0.350 e. The van der Waals surface area contributed by atoms with E-state index in [0.29, 0.717) is 39.7 Å². The molecule has 1 N–H and O–H groups in total. The lowest BCUT2D eigenvalue weighted by Gasteiger charge is -2.13. The second-order valence-corrected chi connectivity index (χ2v) is 8.80. The van der Waals surface area contributed by atoms with E-state index >= 15 is 0 Å². The summed E-state index contributed by atoms with van der Waals surface area (Å²) in [5, 5.41) is 12.5. The predicted octanol–water partition coefficient (Wildman–Crippen LogP) is 4.02. The Balaban J connectivity index is 1.87. The molecule has 9 heteroatoms. The van der Waals surface area contributed by atoms with E-state index in [1.54, 1.807) is 28.8 Å². The standard InChI is InChI=1S/C23H24FN5O2S/c1-4-10-28-21(31)18-9-8-16(20(30)25-14(2)3)12-19(18)29-22(28)26-27-23(29)32-13-15-6-5-7-17(24)11-15/h5-9,11-12,14H,4,10,13H2,1-3H3,(H,25,30). The zero-order chi connectivity index (χ0) is 22.8. The maximum absolute atomic E-state index is 13.6. The van der Waals surface area contributed by atoms with E-state index in [1.165, 1.54) is 23.9 Å². The Hall–Kier alpha value is -3.20. The van der Waals surface area contributed by atoms with Gasteiger partial charge in [0.05, 0.1) is 10.9 Å². The normalized spacial score (nSPS) is 11.5. The first-order valence-corrected chi connectivity index (χ1v) is 11.5. The van der Waals surface area contributed by atoms with Gasteiger partial charge in [-0.05, 0) is 56.2 Å². The highest BCUT2D eigenvalue weighted by Gasteiger charge is 2.18.